The van der Waals surface area contributed by atoms with Crippen LogP contribution in [0, 0.1) is 0 Å². The Morgan fingerprint density at radius 2 is 2.03 bits per heavy atom. The van der Waals surface area contributed by atoms with Crippen LogP contribution in [0.2, 0.25) is 5.02 Å². The monoisotopic (exact) mass is 430 g/mol. The van der Waals surface area contributed by atoms with Crippen LogP contribution < -0.4 is 5.11 Å². The number of esters is 1. The van der Waals surface area contributed by atoms with Crippen LogP contribution >= 0.6 is 11.6 Å². The van der Waals surface area contributed by atoms with Crippen molar-refractivity contribution in [1.29, 1.82) is 0 Å². The van der Waals surface area contributed by atoms with Crippen LogP contribution in [0.1, 0.15) is 25.3 Å². The number of hydrogen-bond donors (Lipinski definition) is 0. The fraction of sp³-hybridized carbons (Fsp3) is 0.400. The van der Waals surface area contributed by atoms with Gasteiger partial charge in [0, 0.05) is 28.8 Å². The molecule has 7 nitrogen and oxygen atoms in total. The van der Waals surface area contributed by atoms with Crippen molar-refractivity contribution in [3.8, 4) is 0 Å². The van der Waals surface area contributed by atoms with Crippen LogP contribution in [0.4, 0.5) is 0 Å². The van der Waals surface area contributed by atoms with Gasteiger partial charge < -0.3 is 25.1 Å². The fourth-order valence-electron chi connectivity index (χ4n) is 3.03. The number of carbonyl (C=O) groups excluding carboxylic acids is 1. The van der Waals surface area contributed by atoms with E-state index in [0.717, 1.165) is 0 Å². The molecule has 1 aromatic carbocycles. The van der Waals surface area contributed by atoms with Crippen molar-refractivity contribution in [3.05, 3.63) is 63.4 Å². The van der Waals surface area contributed by atoms with Gasteiger partial charge in [-0.3, -0.25) is 4.99 Å². The number of aliphatic imine (C=N–C) groups is 1. The number of hydrogen-bond acceptors (Lipinski definition) is 6. The molecule has 1 atom stereocenters. The predicted octanol–water partition coefficient (Wildman–Crippen LogP) is 2.62. The summed E-state index contributed by atoms with van der Waals surface area (Å²) in [6.07, 6.45) is 0. The second-order valence-corrected chi connectivity index (χ2v) is 6.35. The summed E-state index contributed by atoms with van der Waals surface area (Å²) in [6, 6.07) is 6.97. The molecular weight excluding hydrogens is 408 g/mol. The zero-order chi connectivity index (χ0) is 20.7. The van der Waals surface area contributed by atoms with E-state index in [1.54, 1.807) is 38.1 Å². The molecule has 0 radical (unpaired) electrons. The quantitative estimate of drug-likeness (QED) is 0.273. The summed E-state index contributed by atoms with van der Waals surface area (Å²) in [5, 5.41) is 13.0. The molecule has 1 heterocycles. The molecule has 9 heteroatoms. The maximum absolute atomic E-state index is 12.8. The first-order valence-corrected chi connectivity index (χ1v) is 9.21. The Morgan fingerprint density at radius 1 is 1.34 bits per heavy atom. The van der Waals surface area contributed by atoms with Crippen LogP contribution in [-0.4, -0.2) is 68.2 Å². The first-order valence-electron chi connectivity index (χ1n) is 8.83. The van der Waals surface area contributed by atoms with Gasteiger partial charge in [-0.15, -0.1) is 6.54 Å². The number of halogens is 1. The molecule has 2 rings (SSSR count). The number of carbonyl (C=O) groups is 1. The third-order valence-corrected chi connectivity index (χ3v) is 4.53. The number of rotatable bonds is 8. The molecule has 1 N–H and O–H groups in total. The van der Waals surface area contributed by atoms with Crippen LogP contribution in [0.15, 0.2) is 52.0 Å². The van der Waals surface area contributed by atoms with Crippen molar-refractivity contribution in [2.24, 2.45) is 4.99 Å². The number of methoxy groups -OCH3 is 1. The van der Waals surface area contributed by atoms with Gasteiger partial charge in [0.15, 0.2) is 0 Å². The average molecular weight is 431 g/mol. The maximum atomic E-state index is 12.8. The maximum Gasteiger partial charge on any atom is 2.00 e. The van der Waals surface area contributed by atoms with Gasteiger partial charge in [0.25, 0.3) is 0 Å². The first-order chi connectivity index (χ1) is 13.5. The third kappa shape index (κ3) is 5.96. The molecule has 0 saturated heterocycles. The van der Waals surface area contributed by atoms with Gasteiger partial charge >= 0.3 is 29.0 Å². The van der Waals surface area contributed by atoms with Crippen molar-refractivity contribution >= 4 is 46.3 Å². The van der Waals surface area contributed by atoms with Crippen molar-refractivity contribution in [2.45, 2.75) is 19.8 Å². The van der Waals surface area contributed by atoms with Crippen molar-refractivity contribution in [2.75, 3.05) is 33.5 Å². The Kier molecular flexibility index (Phi) is 10.7. The molecular formula is C20H23ClMgN2O5. The summed E-state index contributed by atoms with van der Waals surface area (Å²) in [4.78, 5) is 17.3. The Bertz CT molecular complexity index is 823. The number of benzene rings is 1. The topological polar surface area (TPSA) is 104 Å². The largest absolute Gasteiger partial charge is 2.00 e. The molecule has 0 spiro atoms. The van der Waals surface area contributed by atoms with Gasteiger partial charge in [-0.25, -0.2) is 4.79 Å². The molecule has 0 saturated carbocycles. The molecule has 1 aliphatic heterocycles. The SMILES string of the molecule is CCOC(=O)C1=C(COCC[NH-])N=C(C)/C(=C(/[O-])OC)C1c1ccccc1Cl.[Mg+2]. The molecule has 152 valence electrons. The van der Waals surface area contributed by atoms with Gasteiger partial charge in [-0.2, -0.15) is 0 Å². The van der Waals surface area contributed by atoms with Crippen LogP contribution in [0.3, 0.4) is 0 Å². The van der Waals surface area contributed by atoms with E-state index in [0.29, 0.717) is 22.0 Å². The Balaban J connectivity index is 0.00000420. The summed E-state index contributed by atoms with van der Waals surface area (Å²) < 4.78 is 15.6. The molecule has 0 aliphatic carbocycles. The second kappa shape index (κ2) is 12.2. The van der Waals surface area contributed by atoms with E-state index in [1.165, 1.54) is 7.11 Å². The van der Waals surface area contributed by atoms with Crippen LogP contribution in [0.5, 0.6) is 0 Å². The van der Waals surface area contributed by atoms with E-state index in [-0.39, 0.29) is 60.6 Å². The Morgan fingerprint density at radius 3 is 2.62 bits per heavy atom. The first kappa shape index (κ1) is 25.5. The van der Waals surface area contributed by atoms with Crippen LogP contribution in [0.25, 0.3) is 5.73 Å². The van der Waals surface area contributed by atoms with E-state index >= 15 is 0 Å². The summed E-state index contributed by atoms with van der Waals surface area (Å²) in [6.45, 7) is 3.81. The molecule has 1 aromatic rings. The van der Waals surface area contributed by atoms with Gasteiger partial charge in [0.2, 0.25) is 0 Å². The summed E-state index contributed by atoms with van der Waals surface area (Å²) in [5.74, 6) is -2.00. The Labute approximate surface area is 191 Å². The van der Waals surface area contributed by atoms with E-state index in [1.807, 2.05) is 0 Å². The molecule has 0 bridgehead atoms. The molecule has 0 aromatic heterocycles. The minimum Gasteiger partial charge on any atom is -0.676 e. The van der Waals surface area contributed by atoms with E-state index in [2.05, 4.69) is 4.99 Å². The molecule has 1 unspecified atom stereocenters. The summed E-state index contributed by atoms with van der Waals surface area (Å²) >= 11 is 6.40. The molecule has 1 aliphatic rings. The zero-order valence-corrected chi connectivity index (χ0v) is 19.0. The number of nitrogens with zero attached hydrogens (tertiary/aromatic N) is 1. The normalized spacial score (nSPS) is 18.0. The second-order valence-electron chi connectivity index (χ2n) is 5.94. The number of nitrogens with one attached hydrogen (secondary N) is 1. The number of allylic oxidation sites excluding steroid dienone is 1. The summed E-state index contributed by atoms with van der Waals surface area (Å²) in [5.41, 5.74) is 8.97. The van der Waals surface area contributed by atoms with Crippen LogP contribution in [-0.2, 0) is 19.0 Å². The van der Waals surface area contributed by atoms with Gasteiger partial charge in [-0.1, -0.05) is 29.8 Å². The van der Waals surface area contributed by atoms with Crippen molar-refractivity contribution in [3.63, 3.8) is 0 Å². The van der Waals surface area contributed by atoms with Crippen molar-refractivity contribution < 1.29 is 24.1 Å². The van der Waals surface area contributed by atoms with Crippen molar-refractivity contribution in [1.82, 2.24) is 0 Å². The number of ether oxygens (including phenoxy) is 3. The fourth-order valence-corrected chi connectivity index (χ4v) is 3.28. The zero-order valence-electron chi connectivity index (χ0n) is 16.8. The molecule has 0 amide bonds. The van der Waals surface area contributed by atoms with E-state index in [9.17, 15) is 9.90 Å². The van der Waals surface area contributed by atoms with Gasteiger partial charge in [0.1, 0.15) is 0 Å². The van der Waals surface area contributed by atoms with Gasteiger partial charge in [-0.05, 0) is 32.6 Å². The Hall–Kier alpha value is -1.58. The van der Waals surface area contributed by atoms with E-state index < -0.39 is 17.8 Å². The van der Waals surface area contributed by atoms with Gasteiger partial charge in [0.05, 0.1) is 30.4 Å². The smallest absolute Gasteiger partial charge is 0.676 e. The minimum absolute atomic E-state index is 0. The van der Waals surface area contributed by atoms with E-state index in [4.69, 9.17) is 31.5 Å². The molecule has 29 heavy (non-hydrogen) atoms. The minimum atomic E-state index is -0.799. The third-order valence-electron chi connectivity index (χ3n) is 4.18. The summed E-state index contributed by atoms with van der Waals surface area (Å²) in [7, 11) is 1.27. The predicted molar refractivity (Wildman–Crippen MR) is 111 cm³/mol. The standard InChI is InChI=1S/C20H24ClN2O5.Mg/c1-4-28-20(25)18-15(11-27-10-9-22)23-12(2)16(19(24)26-3)17(18)13-7-5-6-8-14(13)21;/h5-8,17,22,24H,4,9-11H2,1-3H3;/q-1;+2/p-1/b19-16+;. The average Bonchev–Trinajstić information content (AvgIpc) is 2.67. The molecule has 0 fully saturated rings.